The molecule has 16 heavy (non-hydrogen) atoms. The lowest BCUT2D eigenvalue weighted by atomic mass is 10.3. The van der Waals surface area contributed by atoms with Crippen molar-refractivity contribution in [2.45, 2.75) is 6.18 Å². The molecule has 0 spiro atoms. The highest BCUT2D eigenvalue weighted by Gasteiger charge is 2.34. The number of nitrogens with zero attached hydrogens (tertiary/aromatic N) is 3. The van der Waals surface area contributed by atoms with E-state index >= 15 is 0 Å². The molecule has 0 aliphatic heterocycles. The van der Waals surface area contributed by atoms with Crippen molar-refractivity contribution in [1.29, 1.82) is 0 Å². The average Bonchev–Trinajstić information content (AvgIpc) is 2.67. The zero-order chi connectivity index (χ0) is 11.6. The SMILES string of the molecule is FC(F)(F)c1cn(Nc2ccccc2)nn1. The number of hydrogen-bond donors (Lipinski definition) is 1. The first-order valence-electron chi connectivity index (χ1n) is 4.37. The van der Waals surface area contributed by atoms with Crippen LogP contribution >= 0.6 is 0 Å². The molecular weight excluding hydrogens is 221 g/mol. The molecule has 1 N–H and O–H groups in total. The summed E-state index contributed by atoms with van der Waals surface area (Å²) in [6.07, 6.45) is -3.69. The van der Waals surface area contributed by atoms with Crippen molar-refractivity contribution < 1.29 is 13.2 Å². The van der Waals surface area contributed by atoms with Crippen molar-refractivity contribution in [2.75, 3.05) is 5.43 Å². The van der Waals surface area contributed by atoms with Crippen molar-refractivity contribution >= 4 is 5.69 Å². The maximum absolute atomic E-state index is 12.2. The van der Waals surface area contributed by atoms with Gasteiger partial charge in [-0.05, 0) is 17.3 Å². The van der Waals surface area contributed by atoms with Crippen molar-refractivity contribution in [1.82, 2.24) is 15.1 Å². The largest absolute Gasteiger partial charge is 0.436 e. The molecule has 7 heteroatoms. The van der Waals surface area contributed by atoms with E-state index in [1.165, 1.54) is 0 Å². The standard InChI is InChI=1S/C9H7F3N4/c10-9(11,12)8-6-16(15-13-8)14-7-4-2-1-3-5-7/h1-6,14H. The number of aromatic nitrogens is 3. The monoisotopic (exact) mass is 228 g/mol. The van der Waals surface area contributed by atoms with Gasteiger partial charge >= 0.3 is 6.18 Å². The van der Waals surface area contributed by atoms with Crippen molar-refractivity contribution in [2.24, 2.45) is 0 Å². The van der Waals surface area contributed by atoms with Gasteiger partial charge in [-0.1, -0.05) is 18.2 Å². The minimum absolute atomic E-state index is 0.626. The number of alkyl halides is 3. The fourth-order valence-corrected chi connectivity index (χ4v) is 1.09. The van der Waals surface area contributed by atoms with E-state index in [0.717, 1.165) is 11.0 Å². The predicted molar refractivity (Wildman–Crippen MR) is 50.5 cm³/mol. The van der Waals surface area contributed by atoms with Crippen LogP contribution in [-0.2, 0) is 6.18 Å². The molecule has 0 saturated carbocycles. The Morgan fingerprint density at radius 1 is 1.12 bits per heavy atom. The minimum Gasteiger partial charge on any atom is -0.277 e. The molecule has 0 saturated heterocycles. The van der Waals surface area contributed by atoms with Gasteiger partial charge in [0.2, 0.25) is 0 Å². The highest BCUT2D eigenvalue weighted by atomic mass is 19.4. The lowest BCUT2D eigenvalue weighted by Crippen LogP contribution is -2.09. The summed E-state index contributed by atoms with van der Waals surface area (Å²) in [5.41, 5.74) is 2.23. The van der Waals surface area contributed by atoms with Crippen LogP contribution in [0.5, 0.6) is 0 Å². The van der Waals surface area contributed by atoms with E-state index in [2.05, 4.69) is 15.7 Å². The number of hydrogen-bond acceptors (Lipinski definition) is 3. The Balaban J connectivity index is 2.15. The van der Waals surface area contributed by atoms with Crippen LogP contribution < -0.4 is 5.43 Å². The van der Waals surface area contributed by atoms with Gasteiger partial charge in [0.1, 0.15) is 0 Å². The summed E-state index contributed by atoms with van der Waals surface area (Å²) < 4.78 is 36.6. The minimum atomic E-state index is -4.48. The van der Waals surface area contributed by atoms with Crippen LogP contribution in [0, 0.1) is 0 Å². The fraction of sp³-hybridized carbons (Fsp3) is 0.111. The van der Waals surface area contributed by atoms with Gasteiger partial charge in [0.15, 0.2) is 5.69 Å². The molecule has 2 rings (SSSR count). The third kappa shape index (κ3) is 2.30. The summed E-state index contributed by atoms with van der Waals surface area (Å²) in [5, 5.41) is 6.32. The first-order chi connectivity index (χ1) is 7.55. The molecule has 0 radical (unpaired) electrons. The maximum Gasteiger partial charge on any atom is 0.436 e. The Labute approximate surface area is 88.7 Å². The van der Waals surface area contributed by atoms with Crippen LogP contribution in [0.25, 0.3) is 0 Å². The molecular formula is C9H7F3N4. The normalized spacial score (nSPS) is 11.4. The number of halogens is 3. The van der Waals surface area contributed by atoms with E-state index in [4.69, 9.17) is 0 Å². The van der Waals surface area contributed by atoms with Gasteiger partial charge < -0.3 is 0 Å². The summed E-state index contributed by atoms with van der Waals surface area (Å²) in [5.74, 6) is 0. The zero-order valence-corrected chi connectivity index (χ0v) is 7.94. The number of rotatable bonds is 2. The smallest absolute Gasteiger partial charge is 0.277 e. The Bertz CT molecular complexity index is 463. The third-order valence-electron chi connectivity index (χ3n) is 1.80. The third-order valence-corrected chi connectivity index (χ3v) is 1.80. The van der Waals surface area contributed by atoms with Gasteiger partial charge in [0.05, 0.1) is 11.9 Å². The number of benzene rings is 1. The molecule has 0 fully saturated rings. The molecule has 0 unspecified atom stereocenters. The number of nitrogens with one attached hydrogen (secondary N) is 1. The molecule has 0 bridgehead atoms. The second-order valence-corrected chi connectivity index (χ2v) is 3.02. The molecule has 0 amide bonds. The van der Waals surface area contributed by atoms with Crippen LogP contribution in [0.4, 0.5) is 18.9 Å². The molecule has 0 aliphatic rings. The van der Waals surface area contributed by atoms with Crippen LogP contribution in [0.1, 0.15) is 5.69 Å². The summed E-state index contributed by atoms with van der Waals surface area (Å²) in [6.45, 7) is 0. The molecule has 84 valence electrons. The van der Waals surface area contributed by atoms with E-state index in [1.54, 1.807) is 30.3 Å². The lowest BCUT2D eigenvalue weighted by Gasteiger charge is -2.03. The Kier molecular flexibility index (Phi) is 2.51. The van der Waals surface area contributed by atoms with E-state index in [-0.39, 0.29) is 0 Å². The summed E-state index contributed by atoms with van der Waals surface area (Å²) in [7, 11) is 0. The Hall–Kier alpha value is -2.05. The highest BCUT2D eigenvalue weighted by Crippen LogP contribution is 2.26. The Morgan fingerprint density at radius 2 is 1.81 bits per heavy atom. The summed E-state index contributed by atoms with van der Waals surface area (Å²) in [4.78, 5) is 0.915. The molecule has 1 heterocycles. The average molecular weight is 228 g/mol. The van der Waals surface area contributed by atoms with Crippen molar-refractivity contribution in [3.05, 3.63) is 42.2 Å². The van der Waals surface area contributed by atoms with Crippen LogP contribution in [-0.4, -0.2) is 15.1 Å². The second kappa shape index (κ2) is 3.84. The predicted octanol–water partition coefficient (Wildman–Crippen LogP) is 2.17. The van der Waals surface area contributed by atoms with Gasteiger partial charge in [-0.25, -0.2) is 0 Å². The fourth-order valence-electron chi connectivity index (χ4n) is 1.09. The number of para-hydroxylation sites is 1. The van der Waals surface area contributed by atoms with Gasteiger partial charge in [-0.2, -0.15) is 18.0 Å². The molecule has 1 aromatic carbocycles. The second-order valence-electron chi connectivity index (χ2n) is 3.02. The van der Waals surface area contributed by atoms with Gasteiger partial charge in [0.25, 0.3) is 0 Å². The van der Waals surface area contributed by atoms with Gasteiger partial charge in [0, 0.05) is 0 Å². The topological polar surface area (TPSA) is 42.7 Å². The van der Waals surface area contributed by atoms with E-state index in [9.17, 15) is 13.2 Å². The number of anilines is 1. The first-order valence-corrected chi connectivity index (χ1v) is 4.37. The zero-order valence-electron chi connectivity index (χ0n) is 7.94. The van der Waals surface area contributed by atoms with Crippen LogP contribution in [0.2, 0.25) is 0 Å². The molecule has 0 atom stereocenters. The first kappa shape index (κ1) is 10.5. The Morgan fingerprint density at radius 3 is 2.38 bits per heavy atom. The molecule has 0 aliphatic carbocycles. The van der Waals surface area contributed by atoms with Gasteiger partial charge in [-0.15, -0.1) is 5.10 Å². The maximum atomic E-state index is 12.2. The summed E-state index contributed by atoms with van der Waals surface area (Å²) >= 11 is 0. The van der Waals surface area contributed by atoms with E-state index in [1.807, 2.05) is 0 Å². The van der Waals surface area contributed by atoms with Crippen molar-refractivity contribution in [3.63, 3.8) is 0 Å². The van der Waals surface area contributed by atoms with Crippen LogP contribution in [0.15, 0.2) is 36.5 Å². The molecule has 4 nitrogen and oxygen atoms in total. The summed E-state index contributed by atoms with van der Waals surface area (Å²) in [6, 6.07) is 8.71. The lowest BCUT2D eigenvalue weighted by molar-refractivity contribution is -0.141. The van der Waals surface area contributed by atoms with E-state index in [0.29, 0.717) is 5.69 Å². The molecule has 2 aromatic rings. The van der Waals surface area contributed by atoms with Crippen molar-refractivity contribution in [3.8, 4) is 0 Å². The van der Waals surface area contributed by atoms with Gasteiger partial charge in [-0.3, -0.25) is 5.43 Å². The van der Waals surface area contributed by atoms with Crippen LogP contribution in [0.3, 0.4) is 0 Å². The quantitative estimate of drug-likeness (QED) is 0.856. The highest BCUT2D eigenvalue weighted by molar-refractivity contribution is 5.41. The van der Waals surface area contributed by atoms with E-state index < -0.39 is 11.9 Å². The molecule has 1 aromatic heterocycles.